The topological polar surface area (TPSA) is 33.5 Å². The summed E-state index contributed by atoms with van der Waals surface area (Å²) in [6, 6.07) is 11.2. The molecule has 3 nitrogen and oxygen atoms in total. The smallest absolute Gasteiger partial charge is 0.289 e. The van der Waals surface area contributed by atoms with Crippen LogP contribution in [0.4, 0.5) is 0 Å². The van der Waals surface area contributed by atoms with Gasteiger partial charge in [-0.3, -0.25) is 4.79 Å². The molecule has 4 heteroatoms. The molecule has 2 rings (SSSR count). The number of benzene rings is 1. The standard InChI is InChI=1S/C13H12BrNO2/c1-15(13(16)12-7-4-8-17-12)9-10-5-2-3-6-11(10)14/h2-8H,9H2,1H3. The lowest BCUT2D eigenvalue weighted by Gasteiger charge is -2.16. The summed E-state index contributed by atoms with van der Waals surface area (Å²) >= 11 is 3.46. The molecule has 2 aromatic rings. The van der Waals surface area contributed by atoms with Crippen LogP contribution >= 0.6 is 15.9 Å². The van der Waals surface area contributed by atoms with Crippen LogP contribution in [0.2, 0.25) is 0 Å². The zero-order valence-electron chi connectivity index (χ0n) is 9.39. The van der Waals surface area contributed by atoms with Gasteiger partial charge in [0.15, 0.2) is 5.76 Å². The van der Waals surface area contributed by atoms with Crippen molar-refractivity contribution in [3.05, 3.63) is 58.5 Å². The average Bonchev–Trinajstić information content (AvgIpc) is 2.84. The van der Waals surface area contributed by atoms with Crippen molar-refractivity contribution >= 4 is 21.8 Å². The Hall–Kier alpha value is -1.55. The molecule has 0 atom stereocenters. The van der Waals surface area contributed by atoms with E-state index in [9.17, 15) is 4.79 Å². The van der Waals surface area contributed by atoms with Gasteiger partial charge in [-0.15, -0.1) is 0 Å². The summed E-state index contributed by atoms with van der Waals surface area (Å²) in [5.41, 5.74) is 1.06. The van der Waals surface area contributed by atoms with Crippen molar-refractivity contribution in [3.63, 3.8) is 0 Å². The van der Waals surface area contributed by atoms with Gasteiger partial charge in [0, 0.05) is 18.1 Å². The molecule has 0 radical (unpaired) electrons. The predicted molar refractivity (Wildman–Crippen MR) is 68.6 cm³/mol. The molecule has 0 unspecified atom stereocenters. The number of carbonyl (C=O) groups is 1. The van der Waals surface area contributed by atoms with Crippen LogP contribution in [0.3, 0.4) is 0 Å². The Morgan fingerprint density at radius 2 is 2.06 bits per heavy atom. The van der Waals surface area contributed by atoms with Gasteiger partial charge >= 0.3 is 0 Å². The minimum atomic E-state index is -0.120. The van der Waals surface area contributed by atoms with E-state index in [2.05, 4.69) is 15.9 Å². The molecule has 0 saturated carbocycles. The van der Waals surface area contributed by atoms with Crippen LogP contribution in [0.15, 0.2) is 51.6 Å². The lowest BCUT2D eigenvalue weighted by Crippen LogP contribution is -2.25. The zero-order chi connectivity index (χ0) is 12.3. The van der Waals surface area contributed by atoms with Gasteiger partial charge < -0.3 is 9.32 Å². The average molecular weight is 294 g/mol. The van der Waals surface area contributed by atoms with Gasteiger partial charge in [0.25, 0.3) is 5.91 Å². The molecule has 0 aliphatic rings. The van der Waals surface area contributed by atoms with Crippen LogP contribution in [0.5, 0.6) is 0 Å². The van der Waals surface area contributed by atoms with Gasteiger partial charge in [0.1, 0.15) is 0 Å². The summed E-state index contributed by atoms with van der Waals surface area (Å²) < 4.78 is 6.08. The number of hydrogen-bond donors (Lipinski definition) is 0. The van der Waals surface area contributed by atoms with Crippen LogP contribution in [0, 0.1) is 0 Å². The molecular weight excluding hydrogens is 282 g/mol. The Kier molecular flexibility index (Phi) is 3.64. The van der Waals surface area contributed by atoms with E-state index in [0.717, 1.165) is 10.0 Å². The largest absolute Gasteiger partial charge is 0.459 e. The van der Waals surface area contributed by atoms with Crippen LogP contribution in [-0.4, -0.2) is 17.9 Å². The Morgan fingerprint density at radius 1 is 1.29 bits per heavy atom. The maximum absolute atomic E-state index is 11.9. The quantitative estimate of drug-likeness (QED) is 0.870. The highest BCUT2D eigenvalue weighted by molar-refractivity contribution is 9.10. The summed E-state index contributed by atoms with van der Waals surface area (Å²) in [6.45, 7) is 0.543. The van der Waals surface area contributed by atoms with Crippen molar-refractivity contribution in [3.8, 4) is 0 Å². The number of amides is 1. The molecule has 0 fully saturated rings. The van der Waals surface area contributed by atoms with Crippen molar-refractivity contribution in [2.24, 2.45) is 0 Å². The highest BCUT2D eigenvalue weighted by atomic mass is 79.9. The summed E-state index contributed by atoms with van der Waals surface area (Å²) in [5.74, 6) is 0.241. The summed E-state index contributed by atoms with van der Waals surface area (Å²) in [7, 11) is 1.75. The first-order valence-corrected chi connectivity index (χ1v) is 6.00. The van der Waals surface area contributed by atoms with Gasteiger partial charge in [-0.2, -0.15) is 0 Å². The van der Waals surface area contributed by atoms with Crippen LogP contribution in [-0.2, 0) is 6.54 Å². The Morgan fingerprint density at radius 3 is 2.71 bits per heavy atom. The fourth-order valence-corrected chi connectivity index (χ4v) is 1.95. The molecule has 1 amide bonds. The third kappa shape index (κ3) is 2.77. The van der Waals surface area contributed by atoms with Gasteiger partial charge in [0.05, 0.1) is 6.26 Å². The summed E-state index contributed by atoms with van der Waals surface area (Å²) in [6.07, 6.45) is 1.50. The summed E-state index contributed by atoms with van der Waals surface area (Å²) in [4.78, 5) is 13.6. The number of nitrogens with zero attached hydrogens (tertiary/aromatic N) is 1. The maximum atomic E-state index is 11.9. The molecule has 88 valence electrons. The van der Waals surface area contributed by atoms with E-state index in [1.54, 1.807) is 24.1 Å². The zero-order valence-corrected chi connectivity index (χ0v) is 11.0. The third-order valence-electron chi connectivity index (χ3n) is 2.44. The van der Waals surface area contributed by atoms with E-state index < -0.39 is 0 Å². The van der Waals surface area contributed by atoms with Gasteiger partial charge in [-0.1, -0.05) is 34.1 Å². The SMILES string of the molecule is CN(Cc1ccccc1Br)C(=O)c1ccco1. The molecule has 17 heavy (non-hydrogen) atoms. The van der Waals surface area contributed by atoms with Gasteiger partial charge in [-0.05, 0) is 23.8 Å². The van der Waals surface area contributed by atoms with E-state index in [1.807, 2.05) is 24.3 Å². The molecule has 0 N–H and O–H groups in total. The van der Waals surface area contributed by atoms with Crippen molar-refractivity contribution in [2.75, 3.05) is 7.05 Å². The molecule has 1 heterocycles. The first-order chi connectivity index (χ1) is 8.18. The fraction of sp³-hybridized carbons (Fsp3) is 0.154. The van der Waals surface area contributed by atoms with E-state index in [0.29, 0.717) is 12.3 Å². The maximum Gasteiger partial charge on any atom is 0.289 e. The Balaban J connectivity index is 2.10. The monoisotopic (exact) mass is 293 g/mol. The van der Waals surface area contributed by atoms with E-state index in [4.69, 9.17) is 4.42 Å². The predicted octanol–water partition coefficient (Wildman–Crippen LogP) is 3.31. The highest BCUT2D eigenvalue weighted by Gasteiger charge is 2.15. The molecule has 0 spiro atoms. The second-order valence-corrected chi connectivity index (χ2v) is 4.58. The van der Waals surface area contributed by atoms with E-state index >= 15 is 0 Å². The van der Waals surface area contributed by atoms with Crippen LogP contribution in [0.25, 0.3) is 0 Å². The van der Waals surface area contributed by atoms with Gasteiger partial charge in [0.2, 0.25) is 0 Å². The number of carbonyl (C=O) groups excluding carboxylic acids is 1. The number of hydrogen-bond acceptors (Lipinski definition) is 2. The lowest BCUT2D eigenvalue weighted by molar-refractivity contribution is 0.0753. The molecular formula is C13H12BrNO2. The van der Waals surface area contributed by atoms with Crippen LogP contribution < -0.4 is 0 Å². The number of halogens is 1. The first-order valence-electron chi connectivity index (χ1n) is 5.21. The highest BCUT2D eigenvalue weighted by Crippen LogP contribution is 2.18. The number of furan rings is 1. The van der Waals surface area contributed by atoms with Crippen molar-refractivity contribution in [2.45, 2.75) is 6.54 Å². The normalized spacial score (nSPS) is 10.2. The van der Waals surface area contributed by atoms with Crippen molar-refractivity contribution < 1.29 is 9.21 Å². The van der Waals surface area contributed by atoms with E-state index in [1.165, 1.54) is 6.26 Å². The molecule has 0 saturated heterocycles. The molecule has 1 aromatic carbocycles. The first kappa shape index (κ1) is 11.9. The van der Waals surface area contributed by atoms with Gasteiger partial charge in [-0.25, -0.2) is 0 Å². The summed E-state index contributed by atoms with van der Waals surface area (Å²) in [5, 5.41) is 0. The lowest BCUT2D eigenvalue weighted by atomic mass is 10.2. The Labute approximate surface area is 108 Å². The second kappa shape index (κ2) is 5.19. The minimum Gasteiger partial charge on any atom is -0.459 e. The van der Waals surface area contributed by atoms with E-state index in [-0.39, 0.29) is 5.91 Å². The molecule has 0 aliphatic heterocycles. The molecule has 1 aromatic heterocycles. The second-order valence-electron chi connectivity index (χ2n) is 3.73. The molecule has 0 aliphatic carbocycles. The fourth-order valence-electron chi connectivity index (χ4n) is 1.54. The minimum absolute atomic E-state index is 0.120. The third-order valence-corrected chi connectivity index (χ3v) is 3.22. The van der Waals surface area contributed by atoms with Crippen molar-refractivity contribution in [1.82, 2.24) is 4.90 Å². The Bertz CT molecular complexity index is 508. The van der Waals surface area contributed by atoms with Crippen molar-refractivity contribution in [1.29, 1.82) is 0 Å². The molecule has 0 bridgehead atoms. The number of rotatable bonds is 3. The van der Waals surface area contributed by atoms with Crippen LogP contribution in [0.1, 0.15) is 16.1 Å².